The summed E-state index contributed by atoms with van der Waals surface area (Å²) < 4.78 is 11.0. The van der Waals surface area contributed by atoms with Gasteiger partial charge < -0.3 is 14.2 Å². The smallest absolute Gasteiger partial charge is 0.433 e. The minimum atomic E-state index is -0.542. The monoisotopic (exact) mass is 278 g/mol. The summed E-state index contributed by atoms with van der Waals surface area (Å²) >= 11 is 0. The van der Waals surface area contributed by atoms with E-state index in [9.17, 15) is 10.1 Å². The van der Waals surface area contributed by atoms with Crippen LogP contribution in [0.4, 0.5) is 5.88 Å². The van der Waals surface area contributed by atoms with Crippen LogP contribution in [0.5, 0.6) is 0 Å². The van der Waals surface area contributed by atoms with Gasteiger partial charge in [-0.1, -0.05) is 13.8 Å². The predicted molar refractivity (Wildman–Crippen MR) is 73.6 cm³/mol. The zero-order valence-electron chi connectivity index (χ0n) is 11.6. The summed E-state index contributed by atoms with van der Waals surface area (Å²) in [4.78, 5) is 10.2. The maximum Gasteiger partial charge on any atom is 0.433 e. The van der Waals surface area contributed by atoms with Crippen LogP contribution in [0.25, 0.3) is 0 Å². The second-order valence-corrected chi connectivity index (χ2v) is 4.48. The minimum Gasteiger partial charge on any atom is -0.464 e. The Morgan fingerprint density at radius 1 is 1.20 bits per heavy atom. The average molecular weight is 278 g/mol. The van der Waals surface area contributed by atoms with E-state index in [0.717, 1.165) is 25.1 Å². The second-order valence-electron chi connectivity index (χ2n) is 4.48. The first-order valence-electron chi connectivity index (χ1n) is 6.71. The Labute approximate surface area is 116 Å². The number of rotatable bonds is 7. The van der Waals surface area contributed by atoms with Gasteiger partial charge in [0.25, 0.3) is 0 Å². The Morgan fingerprint density at radius 3 is 2.45 bits per heavy atom. The van der Waals surface area contributed by atoms with Crippen LogP contribution in [-0.4, -0.2) is 11.5 Å². The first kappa shape index (κ1) is 14.3. The van der Waals surface area contributed by atoms with Gasteiger partial charge in [-0.05, 0) is 31.2 Å². The molecule has 0 aliphatic rings. The van der Waals surface area contributed by atoms with Crippen molar-refractivity contribution < 1.29 is 13.8 Å². The summed E-state index contributed by atoms with van der Waals surface area (Å²) in [6.45, 7) is 4.82. The fourth-order valence-electron chi connectivity index (χ4n) is 1.97. The van der Waals surface area contributed by atoms with E-state index >= 15 is 0 Å². The van der Waals surface area contributed by atoms with Crippen molar-refractivity contribution in [1.29, 1.82) is 0 Å². The number of hydrogen-bond acceptors (Lipinski definition) is 5. The Kier molecular flexibility index (Phi) is 4.57. The molecule has 108 valence electrons. The highest BCUT2D eigenvalue weighted by Gasteiger charge is 2.23. The van der Waals surface area contributed by atoms with Gasteiger partial charge in [0.1, 0.15) is 28.2 Å². The number of nitrogens with one attached hydrogen (secondary N) is 1. The molecule has 2 rings (SSSR count). The maximum atomic E-state index is 10.7. The number of nitrogens with zero attached hydrogens (tertiary/aromatic N) is 1. The molecule has 1 N–H and O–H groups in total. The van der Waals surface area contributed by atoms with Gasteiger partial charge in [-0.3, -0.25) is 10.1 Å². The highest BCUT2D eigenvalue weighted by Crippen LogP contribution is 2.28. The number of nitro groups is 1. The molecule has 1 unspecified atom stereocenters. The minimum absolute atomic E-state index is 0.259. The molecule has 0 saturated carbocycles. The SMILES string of the molecule is CCCNC(c1ccc(CC)o1)c1ccc([N+](=O)[O-])o1. The van der Waals surface area contributed by atoms with Crippen LogP contribution < -0.4 is 5.32 Å². The molecule has 0 spiro atoms. The third-order valence-corrected chi connectivity index (χ3v) is 2.99. The number of furan rings is 2. The van der Waals surface area contributed by atoms with Crippen LogP contribution in [0.15, 0.2) is 33.1 Å². The van der Waals surface area contributed by atoms with Crippen LogP contribution in [0.3, 0.4) is 0 Å². The van der Waals surface area contributed by atoms with Gasteiger partial charge >= 0.3 is 5.88 Å². The summed E-state index contributed by atoms with van der Waals surface area (Å²) in [6.07, 6.45) is 1.75. The quantitative estimate of drug-likeness (QED) is 0.619. The van der Waals surface area contributed by atoms with E-state index in [1.165, 1.54) is 6.07 Å². The third kappa shape index (κ3) is 3.08. The molecule has 1 atom stereocenters. The highest BCUT2D eigenvalue weighted by molar-refractivity contribution is 5.25. The average Bonchev–Trinajstić information content (AvgIpc) is 3.08. The maximum absolute atomic E-state index is 10.7. The van der Waals surface area contributed by atoms with Crippen LogP contribution in [0, 0.1) is 10.1 Å². The molecule has 0 bridgehead atoms. The molecular weight excluding hydrogens is 260 g/mol. The largest absolute Gasteiger partial charge is 0.464 e. The van der Waals surface area contributed by atoms with E-state index in [0.29, 0.717) is 11.5 Å². The van der Waals surface area contributed by atoms with Crippen molar-refractivity contribution in [2.24, 2.45) is 0 Å². The van der Waals surface area contributed by atoms with Gasteiger partial charge in [-0.2, -0.15) is 0 Å². The fraction of sp³-hybridized carbons (Fsp3) is 0.429. The van der Waals surface area contributed by atoms with E-state index in [2.05, 4.69) is 5.32 Å². The van der Waals surface area contributed by atoms with Crippen LogP contribution in [0.2, 0.25) is 0 Å². The van der Waals surface area contributed by atoms with Crippen molar-refractivity contribution in [2.75, 3.05) is 6.54 Å². The van der Waals surface area contributed by atoms with Crippen LogP contribution in [-0.2, 0) is 6.42 Å². The van der Waals surface area contributed by atoms with Gasteiger partial charge in [-0.15, -0.1) is 0 Å². The molecule has 2 aromatic heterocycles. The first-order valence-corrected chi connectivity index (χ1v) is 6.71. The number of aryl methyl sites for hydroxylation is 1. The predicted octanol–water partition coefficient (Wildman–Crippen LogP) is 3.43. The normalized spacial score (nSPS) is 12.5. The zero-order chi connectivity index (χ0) is 14.5. The summed E-state index contributed by atoms with van der Waals surface area (Å²) in [5.41, 5.74) is 0. The first-order chi connectivity index (χ1) is 9.65. The van der Waals surface area contributed by atoms with E-state index < -0.39 is 4.92 Å². The van der Waals surface area contributed by atoms with Gasteiger partial charge in [0, 0.05) is 6.42 Å². The molecule has 6 nitrogen and oxygen atoms in total. The lowest BCUT2D eigenvalue weighted by molar-refractivity contribution is -0.402. The molecule has 0 aliphatic carbocycles. The Bertz CT molecular complexity index is 573. The molecular formula is C14H18N2O4. The van der Waals surface area contributed by atoms with Gasteiger partial charge in [-0.25, -0.2) is 0 Å². The van der Waals surface area contributed by atoms with Gasteiger partial charge in [0.05, 0.1) is 6.07 Å². The summed E-state index contributed by atoms with van der Waals surface area (Å²) in [5.74, 6) is 1.82. The van der Waals surface area contributed by atoms with Crippen LogP contribution >= 0.6 is 0 Å². The highest BCUT2D eigenvalue weighted by atomic mass is 16.6. The lowest BCUT2D eigenvalue weighted by Crippen LogP contribution is -2.22. The molecule has 2 heterocycles. The topological polar surface area (TPSA) is 81.5 Å². The molecule has 0 aliphatic heterocycles. The fourth-order valence-corrected chi connectivity index (χ4v) is 1.97. The van der Waals surface area contributed by atoms with Crippen LogP contribution in [0.1, 0.15) is 43.6 Å². The van der Waals surface area contributed by atoms with Crippen molar-refractivity contribution in [2.45, 2.75) is 32.7 Å². The van der Waals surface area contributed by atoms with Gasteiger partial charge in [0.2, 0.25) is 0 Å². The zero-order valence-corrected chi connectivity index (χ0v) is 11.6. The summed E-state index contributed by atoms with van der Waals surface area (Å²) in [7, 11) is 0. The summed E-state index contributed by atoms with van der Waals surface area (Å²) in [5, 5.41) is 14.0. The third-order valence-electron chi connectivity index (χ3n) is 2.99. The lowest BCUT2D eigenvalue weighted by Gasteiger charge is -2.13. The molecule has 20 heavy (non-hydrogen) atoms. The van der Waals surface area contributed by atoms with E-state index in [1.54, 1.807) is 6.07 Å². The standard InChI is InChI=1S/C14H18N2O4/c1-3-9-15-14(11-6-5-10(4-2)19-11)12-7-8-13(20-12)16(17)18/h5-8,14-15H,3-4,9H2,1-2H3. The molecule has 0 fully saturated rings. The molecule has 0 radical (unpaired) electrons. The van der Waals surface area contributed by atoms with E-state index in [1.807, 2.05) is 26.0 Å². The molecule has 0 amide bonds. The molecule has 2 aromatic rings. The molecule has 0 aromatic carbocycles. The van der Waals surface area contributed by atoms with Crippen molar-refractivity contribution in [3.63, 3.8) is 0 Å². The van der Waals surface area contributed by atoms with E-state index in [4.69, 9.17) is 8.83 Å². The molecule has 6 heteroatoms. The Morgan fingerprint density at radius 2 is 1.90 bits per heavy atom. The van der Waals surface area contributed by atoms with Crippen molar-refractivity contribution in [3.05, 3.63) is 51.7 Å². The van der Waals surface area contributed by atoms with Crippen molar-refractivity contribution >= 4 is 5.88 Å². The van der Waals surface area contributed by atoms with Crippen molar-refractivity contribution in [1.82, 2.24) is 5.32 Å². The number of hydrogen-bond donors (Lipinski definition) is 1. The van der Waals surface area contributed by atoms with E-state index in [-0.39, 0.29) is 11.9 Å². The Hall–Kier alpha value is -2.08. The molecule has 0 saturated heterocycles. The lowest BCUT2D eigenvalue weighted by atomic mass is 10.1. The summed E-state index contributed by atoms with van der Waals surface area (Å²) in [6, 6.07) is 6.46. The van der Waals surface area contributed by atoms with Crippen molar-refractivity contribution in [3.8, 4) is 0 Å². The van der Waals surface area contributed by atoms with Gasteiger partial charge in [0.15, 0.2) is 0 Å². The second kappa shape index (κ2) is 6.38. The Balaban J connectivity index is 2.27.